The molecule has 172 valence electrons. The molecule has 0 unspecified atom stereocenters. The van der Waals surface area contributed by atoms with Gasteiger partial charge in [-0.2, -0.15) is 27.1 Å². The molecule has 8 nitrogen and oxygen atoms in total. The van der Waals surface area contributed by atoms with Gasteiger partial charge in [-0.15, -0.1) is 5.10 Å². The lowest BCUT2D eigenvalue weighted by molar-refractivity contribution is -0.291. The molecule has 33 heavy (non-hydrogen) atoms. The highest BCUT2D eigenvalue weighted by Gasteiger charge is 2.60. The zero-order chi connectivity index (χ0) is 24.0. The molecule has 4 rings (SSSR count). The number of rotatable bonds is 5. The predicted octanol–water partition coefficient (Wildman–Crippen LogP) is 4.24. The molecule has 0 aliphatic rings. The number of carbonyl (C=O) groups excluding carboxylic acids is 1. The summed E-state index contributed by atoms with van der Waals surface area (Å²) in [5.74, 6) is -6.25. The van der Waals surface area contributed by atoms with Gasteiger partial charge in [0.25, 0.3) is 5.91 Å². The molecule has 0 aliphatic carbocycles. The molecule has 1 aromatic carbocycles. The number of aromatic nitrogens is 6. The van der Waals surface area contributed by atoms with Crippen LogP contribution in [0.2, 0.25) is 5.02 Å². The average molecular weight is 486 g/mol. The fraction of sp³-hybridized carbons (Fsp3) is 0.211. The summed E-state index contributed by atoms with van der Waals surface area (Å²) >= 11 is 5.93. The molecule has 0 atom stereocenters. The zero-order valence-electron chi connectivity index (χ0n) is 16.6. The summed E-state index contributed by atoms with van der Waals surface area (Å²) in [5, 5.41) is 10.5. The van der Waals surface area contributed by atoms with Gasteiger partial charge in [-0.25, -0.2) is 19.2 Å². The first kappa shape index (κ1) is 22.6. The van der Waals surface area contributed by atoms with E-state index < -0.39 is 29.4 Å². The zero-order valence-corrected chi connectivity index (χ0v) is 17.4. The highest BCUT2D eigenvalue weighted by atomic mass is 35.5. The van der Waals surface area contributed by atoms with Crippen LogP contribution in [0, 0.1) is 6.92 Å². The van der Waals surface area contributed by atoms with Crippen molar-refractivity contribution < 1.29 is 26.7 Å². The van der Waals surface area contributed by atoms with E-state index in [-0.39, 0.29) is 17.3 Å². The monoisotopic (exact) mass is 485 g/mol. The average Bonchev–Trinajstić information content (AvgIpc) is 3.33. The van der Waals surface area contributed by atoms with Crippen LogP contribution in [0.15, 0.2) is 42.7 Å². The van der Waals surface area contributed by atoms with Crippen LogP contribution < -0.4 is 5.32 Å². The van der Waals surface area contributed by atoms with E-state index in [9.17, 15) is 26.7 Å². The van der Waals surface area contributed by atoms with Gasteiger partial charge in [-0.05, 0) is 30.7 Å². The Kier molecular flexibility index (Phi) is 5.52. The van der Waals surface area contributed by atoms with Crippen LogP contribution in [-0.4, -0.2) is 41.4 Å². The lowest BCUT2D eigenvalue weighted by Gasteiger charge is -2.20. The van der Waals surface area contributed by atoms with Gasteiger partial charge in [-0.3, -0.25) is 10.1 Å². The molecule has 14 heteroatoms. The number of fused-ring (bicyclic) bond motifs is 1. The number of nitrogens with zero attached hydrogens (tertiary/aromatic N) is 6. The number of halogens is 6. The first-order valence-corrected chi connectivity index (χ1v) is 9.59. The molecule has 4 aromatic rings. The summed E-state index contributed by atoms with van der Waals surface area (Å²) < 4.78 is 68.4. The molecule has 0 spiro atoms. The number of hydrogen-bond acceptors (Lipinski definition) is 5. The van der Waals surface area contributed by atoms with Crippen LogP contribution in [-0.2, 0) is 12.5 Å². The lowest BCUT2D eigenvalue weighted by atomic mass is 10.2. The first-order valence-electron chi connectivity index (χ1n) is 9.22. The highest BCUT2D eigenvalue weighted by Crippen LogP contribution is 2.43. The van der Waals surface area contributed by atoms with Crippen LogP contribution in [0.25, 0.3) is 5.65 Å². The van der Waals surface area contributed by atoms with Crippen LogP contribution in [0.3, 0.4) is 0 Å². The first-order chi connectivity index (χ1) is 15.4. The van der Waals surface area contributed by atoms with E-state index in [1.54, 1.807) is 18.2 Å². The lowest BCUT2D eigenvalue weighted by Crippen LogP contribution is -2.36. The maximum atomic E-state index is 14.0. The Morgan fingerprint density at radius 3 is 2.58 bits per heavy atom. The van der Waals surface area contributed by atoms with Crippen molar-refractivity contribution >= 4 is 29.1 Å². The van der Waals surface area contributed by atoms with E-state index in [0.29, 0.717) is 22.1 Å². The van der Waals surface area contributed by atoms with E-state index in [4.69, 9.17) is 11.6 Å². The van der Waals surface area contributed by atoms with Gasteiger partial charge in [0.15, 0.2) is 11.3 Å². The molecule has 3 heterocycles. The van der Waals surface area contributed by atoms with E-state index in [2.05, 4.69) is 25.5 Å². The van der Waals surface area contributed by atoms with Crippen molar-refractivity contribution in [3.63, 3.8) is 0 Å². The summed E-state index contributed by atoms with van der Waals surface area (Å²) in [6, 6.07) is 8.55. The molecule has 1 amide bonds. The van der Waals surface area contributed by atoms with Gasteiger partial charge in [0.2, 0.25) is 5.95 Å². The van der Waals surface area contributed by atoms with Gasteiger partial charge in [0.1, 0.15) is 12.0 Å². The van der Waals surface area contributed by atoms with Crippen molar-refractivity contribution in [1.82, 2.24) is 29.4 Å². The summed E-state index contributed by atoms with van der Waals surface area (Å²) in [6.45, 7) is 1.55. The van der Waals surface area contributed by atoms with Crippen molar-refractivity contribution in [3.8, 4) is 0 Å². The number of aryl methyl sites for hydroxylation is 1. The molecule has 0 radical (unpaired) electrons. The minimum atomic E-state index is -5.86. The molecule has 3 aromatic heterocycles. The molecule has 0 saturated carbocycles. The third kappa shape index (κ3) is 4.49. The van der Waals surface area contributed by atoms with Gasteiger partial charge >= 0.3 is 12.1 Å². The van der Waals surface area contributed by atoms with E-state index in [0.717, 1.165) is 11.6 Å². The van der Waals surface area contributed by atoms with Gasteiger partial charge in [-0.1, -0.05) is 23.7 Å². The largest absolute Gasteiger partial charge is 0.459 e. The van der Waals surface area contributed by atoms with Crippen LogP contribution in [0.1, 0.15) is 27.4 Å². The molecule has 0 aliphatic heterocycles. The molecule has 0 saturated heterocycles. The number of nitrogens with one attached hydrogen (secondary N) is 1. The van der Waals surface area contributed by atoms with Crippen molar-refractivity contribution in [2.75, 3.05) is 5.32 Å². The van der Waals surface area contributed by atoms with E-state index >= 15 is 0 Å². The highest BCUT2D eigenvalue weighted by molar-refractivity contribution is 6.30. The van der Waals surface area contributed by atoms with Crippen LogP contribution >= 0.6 is 11.6 Å². The Bertz CT molecular complexity index is 1350. The summed E-state index contributed by atoms with van der Waals surface area (Å²) in [6.07, 6.45) is -4.52. The number of carbonyl (C=O) groups is 1. The van der Waals surface area contributed by atoms with Crippen LogP contribution in [0.4, 0.5) is 27.9 Å². The number of amides is 1. The minimum Gasteiger partial charge on any atom is -0.288 e. The molecular weight excluding hydrogens is 473 g/mol. The Balaban J connectivity index is 1.58. The molecule has 1 N–H and O–H groups in total. The number of alkyl halides is 5. The quantitative estimate of drug-likeness (QED) is 0.427. The van der Waals surface area contributed by atoms with E-state index in [1.807, 2.05) is 6.07 Å². The Labute approximate surface area is 187 Å². The van der Waals surface area contributed by atoms with Crippen molar-refractivity contribution in [1.29, 1.82) is 0 Å². The maximum absolute atomic E-state index is 14.0. The SMILES string of the molecule is Cc1cc(C(F)(F)C(F)(F)F)n2nc(C(=O)Nc3ncn(Cc4cccc(Cl)c4)n3)cc2n1. The normalized spacial score (nSPS) is 12.3. The standard InChI is InChI=1S/C19H13ClF5N7O/c1-10-5-14(18(21,22)19(23,24)25)32-15(27-10)7-13(29-32)16(33)28-17-26-9-31(30-17)8-11-3-2-4-12(20)6-11/h2-7,9H,8H2,1H3,(H,28,30,33). The number of benzene rings is 1. The summed E-state index contributed by atoms with van der Waals surface area (Å²) in [4.78, 5) is 20.3. The molecular formula is C19H13ClF5N7O. The second-order valence-electron chi connectivity index (χ2n) is 7.00. The summed E-state index contributed by atoms with van der Waals surface area (Å²) in [5.41, 5.74) is -1.53. The van der Waals surface area contributed by atoms with E-state index in [1.165, 1.54) is 17.9 Å². The third-order valence-corrected chi connectivity index (χ3v) is 4.70. The second-order valence-corrected chi connectivity index (χ2v) is 7.44. The fourth-order valence-corrected chi connectivity index (χ4v) is 3.21. The number of hydrogen-bond donors (Lipinski definition) is 1. The Hall–Kier alpha value is -3.61. The van der Waals surface area contributed by atoms with Gasteiger partial charge < -0.3 is 0 Å². The third-order valence-electron chi connectivity index (χ3n) is 4.46. The number of anilines is 1. The fourth-order valence-electron chi connectivity index (χ4n) is 3.00. The summed E-state index contributed by atoms with van der Waals surface area (Å²) in [7, 11) is 0. The topological polar surface area (TPSA) is 90.0 Å². The Morgan fingerprint density at radius 1 is 1.12 bits per heavy atom. The molecule has 0 bridgehead atoms. The van der Waals surface area contributed by atoms with Crippen LogP contribution in [0.5, 0.6) is 0 Å². The Morgan fingerprint density at radius 2 is 1.88 bits per heavy atom. The van der Waals surface area contributed by atoms with Gasteiger partial charge in [0, 0.05) is 16.8 Å². The smallest absolute Gasteiger partial charge is 0.288 e. The second kappa shape index (κ2) is 8.06. The van der Waals surface area contributed by atoms with Gasteiger partial charge in [0.05, 0.1) is 6.54 Å². The van der Waals surface area contributed by atoms with Crippen molar-refractivity contribution in [3.05, 3.63) is 70.4 Å². The van der Waals surface area contributed by atoms with Crippen molar-refractivity contribution in [2.24, 2.45) is 0 Å². The maximum Gasteiger partial charge on any atom is 0.459 e. The minimum absolute atomic E-state index is 0.102. The predicted molar refractivity (Wildman–Crippen MR) is 106 cm³/mol. The molecule has 0 fully saturated rings. The van der Waals surface area contributed by atoms with Crippen molar-refractivity contribution in [2.45, 2.75) is 25.6 Å².